The number of rotatable bonds is 5. The average Bonchev–Trinajstić information content (AvgIpc) is 3.37. The molecule has 1 aliphatic rings. The molecule has 0 spiro atoms. The van der Waals surface area contributed by atoms with Gasteiger partial charge in [0.05, 0.1) is 30.1 Å². The van der Waals surface area contributed by atoms with Gasteiger partial charge in [-0.3, -0.25) is 9.88 Å². The second kappa shape index (κ2) is 7.20. The minimum absolute atomic E-state index is 0.0923. The minimum Gasteiger partial charge on any atom is -0.348 e. The summed E-state index contributed by atoms with van der Waals surface area (Å²) < 4.78 is 2.27. The number of aromatic amines is 1. The Balaban J connectivity index is 1.60. The van der Waals surface area contributed by atoms with Gasteiger partial charge in [0.15, 0.2) is 0 Å². The van der Waals surface area contributed by atoms with Crippen molar-refractivity contribution in [3.63, 3.8) is 0 Å². The zero-order chi connectivity index (χ0) is 18.9. The van der Waals surface area contributed by atoms with Gasteiger partial charge in [0.25, 0.3) is 0 Å². The number of nitrogens with one attached hydrogen (secondary N) is 1. The Hall–Kier alpha value is -2.99. The van der Waals surface area contributed by atoms with Crippen LogP contribution in [0.5, 0.6) is 0 Å². The van der Waals surface area contributed by atoms with Crippen LogP contribution in [0.2, 0.25) is 0 Å². The van der Waals surface area contributed by atoms with Gasteiger partial charge in [0.2, 0.25) is 0 Å². The lowest BCUT2D eigenvalue weighted by Gasteiger charge is -2.35. The molecule has 0 fully saturated rings. The van der Waals surface area contributed by atoms with E-state index >= 15 is 0 Å². The van der Waals surface area contributed by atoms with E-state index in [1.54, 1.807) is 0 Å². The second-order valence-electron chi connectivity index (χ2n) is 7.34. The summed E-state index contributed by atoms with van der Waals surface area (Å²) in [5.74, 6) is 1.11. The number of para-hydroxylation sites is 1. The SMILES string of the molecule is CCCn1ccnc1CN1CCc2[nH]cnc2[C@H]1c1ccnc2ccccc12. The maximum Gasteiger partial charge on any atom is 0.122 e. The molecule has 0 bridgehead atoms. The zero-order valence-electron chi connectivity index (χ0n) is 16.0. The first-order chi connectivity index (χ1) is 13.8. The van der Waals surface area contributed by atoms with Crippen molar-refractivity contribution in [2.75, 3.05) is 6.54 Å². The first-order valence-electron chi connectivity index (χ1n) is 9.95. The highest BCUT2D eigenvalue weighted by Crippen LogP contribution is 2.37. The molecular formula is C22H24N6. The maximum absolute atomic E-state index is 4.71. The van der Waals surface area contributed by atoms with Crippen LogP contribution >= 0.6 is 0 Å². The summed E-state index contributed by atoms with van der Waals surface area (Å²) in [6.45, 7) is 4.97. The molecule has 1 N–H and O–H groups in total. The van der Waals surface area contributed by atoms with Gasteiger partial charge in [-0.25, -0.2) is 9.97 Å². The van der Waals surface area contributed by atoms with Gasteiger partial charge < -0.3 is 9.55 Å². The van der Waals surface area contributed by atoms with Crippen molar-refractivity contribution in [2.24, 2.45) is 0 Å². The number of aromatic nitrogens is 5. The summed E-state index contributed by atoms with van der Waals surface area (Å²) in [6.07, 6.45) is 9.80. The van der Waals surface area contributed by atoms with Gasteiger partial charge in [-0.2, -0.15) is 0 Å². The number of benzene rings is 1. The molecule has 0 aliphatic carbocycles. The Morgan fingerprint density at radius 1 is 1.11 bits per heavy atom. The molecule has 1 aromatic carbocycles. The molecule has 6 nitrogen and oxygen atoms in total. The predicted molar refractivity (Wildman–Crippen MR) is 109 cm³/mol. The van der Waals surface area contributed by atoms with Crippen molar-refractivity contribution in [3.8, 4) is 0 Å². The Bertz CT molecular complexity index is 1090. The molecule has 5 rings (SSSR count). The topological polar surface area (TPSA) is 62.6 Å². The number of fused-ring (bicyclic) bond motifs is 2. The van der Waals surface area contributed by atoms with Crippen molar-refractivity contribution in [1.82, 2.24) is 29.4 Å². The van der Waals surface area contributed by atoms with Gasteiger partial charge in [-0.05, 0) is 24.1 Å². The first-order valence-corrected chi connectivity index (χ1v) is 9.95. The highest BCUT2D eigenvalue weighted by Gasteiger charge is 2.32. The molecule has 0 unspecified atom stereocenters. The summed E-state index contributed by atoms with van der Waals surface area (Å²) >= 11 is 0. The van der Waals surface area contributed by atoms with Crippen LogP contribution in [0, 0.1) is 0 Å². The molecule has 0 saturated carbocycles. The van der Waals surface area contributed by atoms with Crippen molar-refractivity contribution in [2.45, 2.75) is 38.9 Å². The van der Waals surface area contributed by atoms with E-state index in [9.17, 15) is 0 Å². The lowest BCUT2D eigenvalue weighted by atomic mass is 9.93. The summed E-state index contributed by atoms with van der Waals surface area (Å²) in [5.41, 5.74) is 4.64. The second-order valence-corrected chi connectivity index (χ2v) is 7.34. The predicted octanol–water partition coefficient (Wildman–Crippen LogP) is 3.71. The number of aryl methyl sites for hydroxylation is 1. The van der Waals surface area contributed by atoms with Crippen LogP contribution in [0.25, 0.3) is 10.9 Å². The quantitative estimate of drug-likeness (QED) is 0.580. The summed E-state index contributed by atoms with van der Waals surface area (Å²) in [7, 11) is 0. The summed E-state index contributed by atoms with van der Waals surface area (Å²) in [5, 5.41) is 1.19. The molecule has 28 heavy (non-hydrogen) atoms. The van der Waals surface area contributed by atoms with E-state index in [1.165, 1.54) is 16.6 Å². The average molecular weight is 372 g/mol. The van der Waals surface area contributed by atoms with Gasteiger partial charge in [0.1, 0.15) is 5.82 Å². The lowest BCUT2D eigenvalue weighted by Crippen LogP contribution is -2.36. The lowest BCUT2D eigenvalue weighted by molar-refractivity contribution is 0.193. The van der Waals surface area contributed by atoms with Crippen LogP contribution < -0.4 is 0 Å². The fraction of sp³-hybridized carbons (Fsp3) is 0.318. The number of H-pyrrole nitrogens is 1. The maximum atomic E-state index is 4.71. The van der Waals surface area contributed by atoms with Crippen LogP contribution in [0.1, 0.15) is 42.2 Å². The minimum atomic E-state index is 0.0923. The number of imidazole rings is 2. The fourth-order valence-electron chi connectivity index (χ4n) is 4.31. The highest BCUT2D eigenvalue weighted by atomic mass is 15.2. The van der Waals surface area contributed by atoms with Crippen LogP contribution in [0.4, 0.5) is 0 Å². The standard InChI is InChI=1S/C22H24N6/c1-2-11-27-13-10-24-20(27)14-28-12-8-19-21(26-15-25-19)22(28)17-7-9-23-18-6-4-3-5-16(17)18/h3-7,9-10,13,15,22H,2,8,11-12,14H2,1H3,(H,25,26)/t22-/m1/s1. The molecule has 0 radical (unpaired) electrons. The summed E-state index contributed by atoms with van der Waals surface area (Å²) in [6, 6.07) is 10.6. The van der Waals surface area contributed by atoms with E-state index in [4.69, 9.17) is 4.98 Å². The number of hydrogen-bond donors (Lipinski definition) is 1. The number of hydrogen-bond acceptors (Lipinski definition) is 4. The van der Waals surface area contributed by atoms with E-state index in [2.05, 4.69) is 61.8 Å². The molecule has 0 saturated heterocycles. The van der Waals surface area contributed by atoms with Crippen molar-refractivity contribution in [3.05, 3.63) is 78.0 Å². The largest absolute Gasteiger partial charge is 0.348 e. The summed E-state index contributed by atoms with van der Waals surface area (Å²) in [4.78, 5) is 19.8. The van der Waals surface area contributed by atoms with Crippen LogP contribution in [-0.2, 0) is 19.5 Å². The highest BCUT2D eigenvalue weighted by molar-refractivity contribution is 5.82. The fourth-order valence-corrected chi connectivity index (χ4v) is 4.31. The van der Waals surface area contributed by atoms with E-state index in [0.29, 0.717) is 0 Å². The number of pyridine rings is 1. The van der Waals surface area contributed by atoms with Gasteiger partial charge >= 0.3 is 0 Å². The van der Waals surface area contributed by atoms with Gasteiger partial charge in [-0.1, -0.05) is 25.1 Å². The number of nitrogens with zero attached hydrogens (tertiary/aromatic N) is 5. The van der Waals surface area contributed by atoms with Crippen LogP contribution in [0.3, 0.4) is 0 Å². The Morgan fingerprint density at radius 2 is 2.04 bits per heavy atom. The monoisotopic (exact) mass is 372 g/mol. The van der Waals surface area contributed by atoms with Crippen molar-refractivity contribution >= 4 is 10.9 Å². The molecule has 1 atom stereocenters. The normalized spacial score (nSPS) is 17.1. The van der Waals surface area contributed by atoms with Gasteiger partial charge in [0, 0.05) is 49.2 Å². The van der Waals surface area contributed by atoms with Crippen molar-refractivity contribution in [1.29, 1.82) is 0 Å². The molecule has 1 aliphatic heterocycles. The zero-order valence-corrected chi connectivity index (χ0v) is 16.0. The third-order valence-corrected chi connectivity index (χ3v) is 5.61. The molecule has 0 amide bonds. The first kappa shape index (κ1) is 17.1. The third kappa shape index (κ3) is 2.90. The Kier molecular flexibility index (Phi) is 4.41. The molecule has 4 aromatic rings. The van der Waals surface area contributed by atoms with E-state index in [1.807, 2.05) is 24.8 Å². The Labute approximate surface area is 164 Å². The van der Waals surface area contributed by atoms with E-state index in [-0.39, 0.29) is 6.04 Å². The van der Waals surface area contributed by atoms with E-state index < -0.39 is 0 Å². The van der Waals surface area contributed by atoms with Crippen LogP contribution in [0.15, 0.2) is 55.2 Å². The van der Waals surface area contributed by atoms with E-state index in [0.717, 1.165) is 49.5 Å². The van der Waals surface area contributed by atoms with Crippen LogP contribution in [-0.4, -0.2) is 35.9 Å². The molecule has 4 heterocycles. The molecule has 142 valence electrons. The smallest absolute Gasteiger partial charge is 0.122 e. The molecular weight excluding hydrogens is 348 g/mol. The third-order valence-electron chi connectivity index (χ3n) is 5.61. The Morgan fingerprint density at radius 3 is 2.96 bits per heavy atom. The molecule has 3 aromatic heterocycles. The van der Waals surface area contributed by atoms with Gasteiger partial charge in [-0.15, -0.1) is 0 Å². The molecule has 6 heteroatoms. The van der Waals surface area contributed by atoms with Crippen molar-refractivity contribution < 1.29 is 0 Å².